The maximum atomic E-state index is 12.6. The van der Waals surface area contributed by atoms with Crippen molar-refractivity contribution in [3.05, 3.63) is 73.2 Å². The largest absolute Gasteiger partial charge is 0.308 e. The van der Waals surface area contributed by atoms with E-state index in [-0.39, 0.29) is 5.91 Å². The molecule has 1 aliphatic carbocycles. The van der Waals surface area contributed by atoms with Gasteiger partial charge in [0.15, 0.2) is 5.17 Å². The minimum Gasteiger partial charge on any atom is -0.308 e. The lowest BCUT2D eigenvalue weighted by Gasteiger charge is -2.10. The molecular formula is C25H21ClN4OS2. The van der Waals surface area contributed by atoms with Crippen molar-refractivity contribution < 1.29 is 4.79 Å². The monoisotopic (exact) mass is 492 g/mol. The van der Waals surface area contributed by atoms with Gasteiger partial charge in [-0.3, -0.25) is 4.79 Å². The number of thioether (sulfide) groups is 1. The number of aliphatic imine (C=N–C) groups is 1. The van der Waals surface area contributed by atoms with Gasteiger partial charge < -0.3 is 9.88 Å². The minimum atomic E-state index is -0.165. The van der Waals surface area contributed by atoms with Crippen LogP contribution in [0.3, 0.4) is 0 Å². The fourth-order valence-corrected chi connectivity index (χ4v) is 6.73. The van der Waals surface area contributed by atoms with Gasteiger partial charge in [-0.15, -0.1) is 11.3 Å². The summed E-state index contributed by atoms with van der Waals surface area (Å²) >= 11 is 8.99. The molecule has 5 nitrogen and oxygen atoms in total. The number of benzene rings is 1. The summed E-state index contributed by atoms with van der Waals surface area (Å²) in [7, 11) is 0. The van der Waals surface area contributed by atoms with Gasteiger partial charge in [-0.25, -0.2) is 4.99 Å². The topological polar surface area (TPSA) is 70.2 Å². The number of thiophene rings is 1. The normalized spacial score (nSPS) is 17.9. The first-order chi connectivity index (χ1) is 15.9. The third-order valence-electron chi connectivity index (χ3n) is 5.93. The van der Waals surface area contributed by atoms with Crippen LogP contribution in [0.2, 0.25) is 5.02 Å². The van der Waals surface area contributed by atoms with Crippen molar-refractivity contribution >= 4 is 57.5 Å². The van der Waals surface area contributed by atoms with Crippen LogP contribution < -0.4 is 5.32 Å². The molecule has 0 radical (unpaired) electrons. The first-order valence-corrected chi connectivity index (χ1v) is 12.7. The van der Waals surface area contributed by atoms with Gasteiger partial charge in [-0.1, -0.05) is 11.6 Å². The number of fused-ring (bicyclic) bond motifs is 1. The van der Waals surface area contributed by atoms with E-state index in [9.17, 15) is 10.1 Å². The van der Waals surface area contributed by atoms with Crippen LogP contribution in [0.5, 0.6) is 0 Å². The van der Waals surface area contributed by atoms with Crippen LogP contribution in [-0.4, -0.2) is 15.6 Å². The molecule has 0 saturated carbocycles. The van der Waals surface area contributed by atoms with Gasteiger partial charge in [0.1, 0.15) is 11.1 Å². The molecule has 0 atom stereocenters. The molecule has 33 heavy (non-hydrogen) atoms. The molecule has 5 rings (SSSR count). The number of hydrogen-bond donors (Lipinski definition) is 1. The van der Waals surface area contributed by atoms with E-state index in [4.69, 9.17) is 11.6 Å². The van der Waals surface area contributed by atoms with Crippen molar-refractivity contribution in [1.29, 1.82) is 5.26 Å². The lowest BCUT2D eigenvalue weighted by Crippen LogP contribution is -2.19. The number of amides is 1. The van der Waals surface area contributed by atoms with Crippen LogP contribution in [0.1, 0.15) is 45.8 Å². The number of hydrogen-bond acceptors (Lipinski definition) is 5. The van der Waals surface area contributed by atoms with E-state index in [1.165, 1.54) is 28.6 Å². The highest BCUT2D eigenvalue weighted by Crippen LogP contribution is 2.39. The molecule has 1 N–H and O–H groups in total. The highest BCUT2D eigenvalue weighted by Gasteiger charge is 2.26. The molecule has 0 unspecified atom stereocenters. The Morgan fingerprint density at radius 3 is 2.73 bits per heavy atom. The molecule has 2 aromatic heterocycles. The number of carbonyl (C=O) groups is 1. The fourth-order valence-electron chi connectivity index (χ4n) is 4.33. The summed E-state index contributed by atoms with van der Waals surface area (Å²) in [4.78, 5) is 19.0. The van der Waals surface area contributed by atoms with E-state index < -0.39 is 0 Å². The van der Waals surface area contributed by atoms with Crippen LogP contribution in [0.4, 0.5) is 5.69 Å². The van der Waals surface area contributed by atoms with E-state index in [1.807, 2.05) is 32.1 Å². The van der Waals surface area contributed by atoms with Gasteiger partial charge in [-0.2, -0.15) is 5.26 Å². The molecular weight excluding hydrogens is 472 g/mol. The number of nitriles is 1. The van der Waals surface area contributed by atoms with Crippen molar-refractivity contribution in [3.8, 4) is 11.1 Å². The van der Waals surface area contributed by atoms with Crippen molar-refractivity contribution in [2.75, 3.05) is 0 Å². The zero-order chi connectivity index (χ0) is 23.1. The highest BCUT2D eigenvalue weighted by atomic mass is 35.5. The minimum absolute atomic E-state index is 0.165. The molecule has 166 valence electrons. The van der Waals surface area contributed by atoms with Crippen molar-refractivity contribution in [1.82, 2.24) is 9.88 Å². The second-order valence-electron chi connectivity index (χ2n) is 8.12. The first-order valence-electron chi connectivity index (χ1n) is 10.7. The smallest absolute Gasteiger partial charge is 0.264 e. The Morgan fingerprint density at radius 2 is 1.97 bits per heavy atom. The van der Waals surface area contributed by atoms with Crippen molar-refractivity contribution in [2.24, 2.45) is 4.99 Å². The summed E-state index contributed by atoms with van der Waals surface area (Å²) in [6, 6.07) is 11.7. The van der Waals surface area contributed by atoms with Gasteiger partial charge in [-0.05, 0) is 98.8 Å². The highest BCUT2D eigenvalue weighted by molar-refractivity contribution is 8.18. The van der Waals surface area contributed by atoms with Gasteiger partial charge in [0, 0.05) is 21.3 Å². The quantitative estimate of drug-likeness (QED) is 0.427. The maximum absolute atomic E-state index is 12.6. The van der Waals surface area contributed by atoms with E-state index >= 15 is 0 Å². The second-order valence-corrected chi connectivity index (χ2v) is 10.7. The predicted octanol–water partition coefficient (Wildman–Crippen LogP) is 6.45. The summed E-state index contributed by atoms with van der Waals surface area (Å²) in [6.45, 7) is 4.09. The number of nitrogens with one attached hydrogen (secondary N) is 1. The fraction of sp³-hybridized carbons (Fsp3) is 0.240. The summed E-state index contributed by atoms with van der Waals surface area (Å²) < 4.78 is 2.16. The molecule has 1 aliphatic heterocycles. The van der Waals surface area contributed by atoms with E-state index in [0.29, 0.717) is 15.1 Å². The van der Waals surface area contributed by atoms with Crippen LogP contribution in [0.15, 0.2) is 40.2 Å². The zero-order valence-electron chi connectivity index (χ0n) is 18.2. The third kappa shape index (κ3) is 4.15. The molecule has 1 aromatic carbocycles. The van der Waals surface area contributed by atoms with Crippen LogP contribution in [0, 0.1) is 25.2 Å². The Hall–Kier alpha value is -2.79. The van der Waals surface area contributed by atoms with Crippen molar-refractivity contribution in [3.63, 3.8) is 0 Å². The average Bonchev–Trinajstić information content (AvgIpc) is 3.42. The molecule has 0 spiro atoms. The molecule has 1 fully saturated rings. The molecule has 0 bridgehead atoms. The lowest BCUT2D eigenvalue weighted by molar-refractivity contribution is -0.115. The van der Waals surface area contributed by atoms with Gasteiger partial charge >= 0.3 is 0 Å². The number of carbonyl (C=O) groups excluding carboxylic acids is 1. The Bertz CT molecular complexity index is 1370. The van der Waals surface area contributed by atoms with E-state index in [0.717, 1.165) is 52.5 Å². The van der Waals surface area contributed by atoms with Gasteiger partial charge in [0.25, 0.3) is 5.91 Å². The SMILES string of the molecule is Cc1cc(/C=C2\SC(=Nc3ccc(Cl)cc3)NC2=O)c(C)n1-c1sc2c(c1C#N)CCCC2. The summed E-state index contributed by atoms with van der Waals surface area (Å²) in [5.74, 6) is -0.165. The number of aryl methyl sites for hydroxylation is 2. The number of amidine groups is 1. The predicted molar refractivity (Wildman–Crippen MR) is 137 cm³/mol. The summed E-state index contributed by atoms with van der Waals surface area (Å²) in [5, 5.41) is 14.9. The summed E-state index contributed by atoms with van der Waals surface area (Å²) in [5.41, 5.74) is 5.80. The standard InChI is InChI=1S/C25H21ClN4OS2/c1-14-11-16(12-22-23(31)29-25(33-22)28-18-9-7-17(26)8-10-18)15(2)30(14)24-20(13-27)19-5-3-4-6-21(19)32-24/h7-12H,3-6H2,1-2H3,(H,28,29,31)/b22-12-. The lowest BCUT2D eigenvalue weighted by atomic mass is 9.96. The number of halogens is 1. The second kappa shape index (κ2) is 8.86. The Kier molecular flexibility index (Phi) is 5.92. The Labute approximate surface area is 205 Å². The third-order valence-corrected chi connectivity index (χ3v) is 8.37. The van der Waals surface area contributed by atoms with Crippen LogP contribution >= 0.6 is 34.7 Å². The maximum Gasteiger partial charge on any atom is 0.264 e. The van der Waals surface area contributed by atoms with Crippen LogP contribution in [0.25, 0.3) is 11.1 Å². The van der Waals surface area contributed by atoms with E-state index in [2.05, 4.69) is 27.0 Å². The molecule has 2 aliphatic rings. The van der Waals surface area contributed by atoms with Crippen LogP contribution in [-0.2, 0) is 17.6 Å². The molecule has 3 heterocycles. The first kappa shape index (κ1) is 22.0. The number of rotatable bonds is 3. The molecule has 3 aromatic rings. The average molecular weight is 493 g/mol. The Balaban J connectivity index is 1.48. The van der Waals surface area contributed by atoms with Gasteiger partial charge in [0.05, 0.1) is 16.2 Å². The zero-order valence-corrected chi connectivity index (χ0v) is 20.6. The Morgan fingerprint density at radius 1 is 1.21 bits per heavy atom. The van der Waals surface area contributed by atoms with Gasteiger partial charge in [0.2, 0.25) is 0 Å². The molecule has 8 heteroatoms. The van der Waals surface area contributed by atoms with E-state index in [1.54, 1.807) is 23.5 Å². The van der Waals surface area contributed by atoms with Crippen molar-refractivity contribution in [2.45, 2.75) is 39.5 Å². The summed E-state index contributed by atoms with van der Waals surface area (Å²) in [6.07, 6.45) is 6.27. The molecule has 1 saturated heterocycles. The molecule has 1 amide bonds. The number of aromatic nitrogens is 1. The number of nitrogens with zero attached hydrogens (tertiary/aromatic N) is 3.